The van der Waals surface area contributed by atoms with Crippen molar-refractivity contribution in [1.82, 2.24) is 40.0 Å². The zero-order valence-electron chi connectivity index (χ0n) is 83.5. The van der Waals surface area contributed by atoms with Crippen LogP contribution in [0.15, 0.2) is 103 Å². The van der Waals surface area contributed by atoms with E-state index in [-0.39, 0.29) is 157 Å². The molecule has 5 aromatic carbocycles. The molecule has 0 radical (unpaired) electrons. The van der Waals surface area contributed by atoms with Crippen molar-refractivity contribution < 1.29 is 128 Å². The van der Waals surface area contributed by atoms with E-state index in [0.717, 1.165) is 24.7 Å². The Hall–Kier alpha value is -11.1. The number of hydrogen-bond donors (Lipinski definition) is 6. The molecule has 802 valence electrons. The Morgan fingerprint density at radius 3 is 1.52 bits per heavy atom. The van der Waals surface area contributed by atoms with Crippen molar-refractivity contribution in [3.63, 3.8) is 0 Å². The van der Waals surface area contributed by atoms with Crippen molar-refractivity contribution in [3.05, 3.63) is 171 Å². The van der Waals surface area contributed by atoms with Gasteiger partial charge in [-0.25, -0.2) is 23.2 Å². The highest BCUT2D eigenvalue weighted by Gasteiger charge is 2.42. The topological polar surface area (TPSA) is 527 Å². The average Bonchev–Trinajstić information content (AvgIpc) is 0.807. The Balaban J connectivity index is 0.000000397. The molecule has 3 aliphatic rings. The lowest BCUT2D eigenvalue weighted by molar-refractivity contribution is -0.393. The molecule has 3 heterocycles. The molecular weight excluding hydrogens is 1940 g/mol. The number of nitro benzene ring substituents is 4. The number of nitrogens with zero attached hydrogens (tertiary/aromatic N) is 10. The van der Waals surface area contributed by atoms with E-state index in [4.69, 9.17) is 95.3 Å². The molecule has 3 fully saturated rings. The third kappa shape index (κ3) is 46.5. The summed E-state index contributed by atoms with van der Waals surface area (Å²) in [4.78, 5) is 144. The zero-order chi connectivity index (χ0) is 106. The van der Waals surface area contributed by atoms with E-state index in [9.17, 15) is 82.8 Å². The summed E-state index contributed by atoms with van der Waals surface area (Å²) in [5, 5.41) is 57.9. The van der Waals surface area contributed by atoms with E-state index in [1.54, 1.807) is 73.9 Å². The first-order valence-corrected chi connectivity index (χ1v) is 48.4. The van der Waals surface area contributed by atoms with Crippen LogP contribution in [0.5, 0.6) is 5.75 Å². The minimum Gasteiger partial charge on any atom is -0.466 e. The fraction of sp³-hybridized carbons (Fsp3) is 0.611. The molecule has 0 aromatic heterocycles. The number of nitrogens with two attached hydrogens (primary N) is 1. The molecule has 0 spiro atoms. The minimum absolute atomic E-state index is 0.0206. The second-order valence-electron chi connectivity index (χ2n) is 35.7. The summed E-state index contributed by atoms with van der Waals surface area (Å²) in [6, 6.07) is 20.5. The number of hydrogen-bond acceptors (Lipinski definition) is 35. The van der Waals surface area contributed by atoms with Crippen LogP contribution in [-0.4, -0.2) is 369 Å². The molecule has 4 unspecified atom stereocenters. The number of benzene rings is 5. The number of nitro groups is 4. The summed E-state index contributed by atoms with van der Waals surface area (Å²) in [6.45, 7) is 32.4. The first-order valence-electron chi connectivity index (χ1n) is 47.6. The molecule has 45 nitrogen and oxygen atoms in total. The lowest BCUT2D eigenvalue weighted by Crippen LogP contribution is -2.64. The van der Waals surface area contributed by atoms with Crippen LogP contribution < -0.4 is 37.1 Å². The molecule has 6 amide bonds. The Morgan fingerprint density at radius 2 is 1.03 bits per heavy atom. The molecule has 49 heteroatoms. The van der Waals surface area contributed by atoms with Gasteiger partial charge in [0, 0.05) is 146 Å². The van der Waals surface area contributed by atoms with Gasteiger partial charge in [0.1, 0.15) is 40.4 Å². The number of nitrogens with one attached hydrogen (secondary N) is 5. The predicted molar refractivity (Wildman–Crippen MR) is 530 cm³/mol. The van der Waals surface area contributed by atoms with Crippen LogP contribution in [0.2, 0.25) is 10.0 Å². The highest BCUT2D eigenvalue weighted by Crippen LogP contribution is 2.32. The van der Waals surface area contributed by atoms with E-state index in [1.165, 1.54) is 58.3 Å². The maximum atomic E-state index is 14.2. The molecule has 0 saturated carbocycles. The molecule has 144 heavy (non-hydrogen) atoms. The third-order valence-corrected chi connectivity index (χ3v) is 22.6. The van der Waals surface area contributed by atoms with Crippen LogP contribution in [0.25, 0.3) is 0 Å². The van der Waals surface area contributed by atoms with Gasteiger partial charge in [0.15, 0.2) is 0 Å². The van der Waals surface area contributed by atoms with Gasteiger partial charge in [-0.05, 0) is 136 Å². The summed E-state index contributed by atoms with van der Waals surface area (Å²) in [7, 11) is 0. The van der Waals surface area contributed by atoms with Crippen LogP contribution in [0.3, 0.4) is 0 Å². The van der Waals surface area contributed by atoms with Crippen molar-refractivity contribution in [2.24, 2.45) is 5.73 Å². The Morgan fingerprint density at radius 1 is 0.542 bits per heavy atom. The van der Waals surface area contributed by atoms with Crippen LogP contribution >= 0.6 is 23.2 Å². The molecule has 3 aliphatic heterocycles. The molecule has 4 atom stereocenters. The van der Waals surface area contributed by atoms with Gasteiger partial charge in [0.2, 0.25) is 17.7 Å². The number of ether oxygens (including phenoxy) is 14. The average molecular weight is 2080 g/mol. The summed E-state index contributed by atoms with van der Waals surface area (Å²) in [5.41, 5.74) is 3.80. The summed E-state index contributed by atoms with van der Waals surface area (Å²) >= 11 is 11.7. The van der Waals surface area contributed by atoms with Gasteiger partial charge < -0.3 is 113 Å². The second kappa shape index (κ2) is 65.4. The van der Waals surface area contributed by atoms with Gasteiger partial charge in [0.25, 0.3) is 22.7 Å². The van der Waals surface area contributed by atoms with Crippen LogP contribution in [0.1, 0.15) is 100 Å². The molecule has 5 aromatic rings. The number of piperazine rings is 3. The van der Waals surface area contributed by atoms with E-state index < -0.39 is 79.2 Å². The molecule has 0 bridgehead atoms. The maximum absolute atomic E-state index is 14.2. The second-order valence-corrected chi connectivity index (χ2v) is 36.6. The van der Waals surface area contributed by atoms with Gasteiger partial charge in [-0.3, -0.25) is 74.3 Å². The van der Waals surface area contributed by atoms with Crippen molar-refractivity contribution in [3.8, 4) is 5.75 Å². The number of rotatable bonds is 58. The number of urea groups is 1. The van der Waals surface area contributed by atoms with Crippen molar-refractivity contribution in [1.29, 1.82) is 0 Å². The lowest BCUT2D eigenvalue weighted by Gasteiger charge is -2.46. The van der Waals surface area contributed by atoms with E-state index in [1.807, 2.05) is 20.8 Å². The van der Waals surface area contributed by atoms with Crippen LogP contribution in [0, 0.1) is 52.1 Å². The smallest absolute Gasteiger partial charge is 0.466 e. The van der Waals surface area contributed by atoms with Crippen molar-refractivity contribution in [2.45, 2.75) is 142 Å². The number of anilines is 3. The quantitative estimate of drug-likeness (QED) is 0.00526. The van der Waals surface area contributed by atoms with Crippen LogP contribution in [-0.2, 0) is 87.2 Å². The highest BCUT2D eigenvalue weighted by atomic mass is 35.5. The van der Waals surface area contributed by atoms with Gasteiger partial charge in [-0.15, -0.1) is 0 Å². The third-order valence-electron chi connectivity index (χ3n) is 22.0. The SMILES string of the molecule is CC(C)(C)N1CCNC(C(=O)N2CCN(C(=O)Cc3ccc(Cl)c(F)c3)C(CCOC(=O)CCCOCCOCCOCCOCCOCCOCCOCCOCCOCCNc3ccc([N+](=O)[O-])cc3[N+](=O)[O-])C2)C1.CCN(C(=O)Nc1ccc(Cl)c(F)c1)C(CCOC(=O)Oc1ccccc1)CNC(=O)C1CN(C(C)(C)C)CCN1C(=O)OC(C)(C)C.NCCOCCNc1ccc([N+](=O)[O-])cc1[N+](=O)[O-]. The number of likely N-dealkylation sites (N-methyl/N-ethyl adjacent to an activating group) is 1. The van der Waals surface area contributed by atoms with Gasteiger partial charge in [-0.2, -0.15) is 0 Å². The first kappa shape index (κ1) is 122. The number of amides is 6. The molecule has 8 rings (SSSR count). The maximum Gasteiger partial charge on any atom is 0.513 e. The Labute approximate surface area is 846 Å². The number of carbonyl (C=O) groups is 7. The molecular formula is C95H140Cl2F2N16O29. The normalized spacial score (nSPS) is 15.3. The number of halogens is 4. The van der Waals surface area contributed by atoms with E-state index in [2.05, 4.69) is 57.2 Å². The van der Waals surface area contributed by atoms with Gasteiger partial charge in [-0.1, -0.05) is 47.5 Å². The van der Waals surface area contributed by atoms with Crippen molar-refractivity contribution >= 4 is 105 Å². The molecule has 7 N–H and O–H groups in total. The fourth-order valence-electron chi connectivity index (χ4n) is 14.5. The van der Waals surface area contributed by atoms with E-state index >= 15 is 0 Å². The Kier molecular flexibility index (Phi) is 55.2. The summed E-state index contributed by atoms with van der Waals surface area (Å²) in [6.07, 6.45) is -0.472. The number of esters is 1. The minimum atomic E-state index is -0.925. The van der Waals surface area contributed by atoms with Gasteiger partial charge >= 0.3 is 24.2 Å². The molecule has 0 aliphatic carbocycles. The first-order chi connectivity index (χ1) is 68.7. The Bertz CT molecular complexity index is 4800. The highest BCUT2D eigenvalue weighted by molar-refractivity contribution is 6.31. The molecule has 3 saturated heterocycles. The fourth-order valence-corrected chi connectivity index (χ4v) is 14.8. The zero-order valence-corrected chi connectivity index (χ0v) is 85.0. The number of para-hydroxylation sites is 1. The van der Waals surface area contributed by atoms with E-state index in [0.29, 0.717) is 202 Å². The number of carbonyl (C=O) groups excluding carboxylic acids is 7. The summed E-state index contributed by atoms with van der Waals surface area (Å²) in [5.74, 6) is -2.03. The number of non-ortho nitro benzene ring substituents is 2. The predicted octanol–water partition coefficient (Wildman–Crippen LogP) is 11.0. The van der Waals surface area contributed by atoms with Gasteiger partial charge in [0.05, 0.1) is 205 Å². The monoisotopic (exact) mass is 2080 g/mol. The summed E-state index contributed by atoms with van der Waals surface area (Å²) < 4.78 is 105. The van der Waals surface area contributed by atoms with Crippen LogP contribution in [0.4, 0.5) is 63.0 Å². The largest absolute Gasteiger partial charge is 0.513 e. The lowest BCUT2D eigenvalue weighted by atomic mass is 10.0. The standard InChI is InChI=1S/C51H79ClFN7O17.C34H47ClFN5O7.C10H14N4O5/c1-51(2,3)57-13-11-54-46(39-57)50(63)56-14-15-58(48(61)36-40-6-8-43(52)44(53)35-40)42(38-56)10-17-77-49(62)5-4-16-68-19-21-70-23-25-72-27-29-74-31-33-76-34-32-75-30-28-73-26-24-71-22-20-69-18-12-55-45-9-7-41(59(64)65)37-47(45)60(66)67;1-8-40(30(43)38-23-14-15-26(35)27(36)20-23)24(16-19-46-32(45)47-25-12-10-9-11-13-25)21-37-29(42)28-22-39(33(2,3)4)17-18-41(28)31(44)48-34(5,6)7;11-3-5-19-6-4-12-9-2-1-8(13(15)16)7-10(9)14(17)18/h6-9,35,37,42,46,54-55H,4-5,10-34,36,38-39H2,1-3H3;9-15,20,24,28H,8,16-19,21-22H2,1-7H3,(H,37,42)(H,38,43);1-2,7,12H,3-6,11H2. The van der Waals surface area contributed by atoms with Crippen molar-refractivity contribution in [2.75, 3.05) is 253 Å².